The predicted octanol–water partition coefficient (Wildman–Crippen LogP) is 4.05. The SMILES string of the molecule is COc1cc(-c2cc(F)cc(F)c2)cc2c(NCCO)nc(-c3cccnc3)nc12. The number of aromatic nitrogens is 3. The highest BCUT2D eigenvalue weighted by Gasteiger charge is 2.16. The molecular weight excluding hydrogens is 390 g/mol. The first-order valence-electron chi connectivity index (χ1n) is 9.20. The molecule has 0 bridgehead atoms. The van der Waals surface area contributed by atoms with Crippen molar-refractivity contribution in [3.63, 3.8) is 0 Å². The zero-order valence-corrected chi connectivity index (χ0v) is 16.1. The number of ether oxygens (including phenoxy) is 1. The van der Waals surface area contributed by atoms with Gasteiger partial charge >= 0.3 is 0 Å². The van der Waals surface area contributed by atoms with Crippen LogP contribution in [0.25, 0.3) is 33.4 Å². The van der Waals surface area contributed by atoms with Crippen LogP contribution in [0.1, 0.15) is 0 Å². The van der Waals surface area contributed by atoms with Gasteiger partial charge in [-0.15, -0.1) is 0 Å². The molecule has 0 radical (unpaired) electrons. The fourth-order valence-corrected chi connectivity index (χ4v) is 3.18. The van der Waals surface area contributed by atoms with Gasteiger partial charge in [0, 0.05) is 36.0 Å². The molecule has 0 amide bonds. The summed E-state index contributed by atoms with van der Waals surface area (Å²) in [6, 6.07) is 10.3. The maximum Gasteiger partial charge on any atom is 0.163 e. The van der Waals surface area contributed by atoms with Gasteiger partial charge in [-0.1, -0.05) is 0 Å². The minimum atomic E-state index is -0.675. The number of rotatable bonds is 6. The smallest absolute Gasteiger partial charge is 0.163 e. The second kappa shape index (κ2) is 8.38. The molecule has 2 heterocycles. The maximum absolute atomic E-state index is 13.8. The van der Waals surface area contributed by atoms with Crippen LogP contribution < -0.4 is 10.1 Å². The number of aliphatic hydroxyl groups is 1. The van der Waals surface area contributed by atoms with Gasteiger partial charge in [-0.25, -0.2) is 18.7 Å². The van der Waals surface area contributed by atoms with Gasteiger partial charge in [0.15, 0.2) is 5.82 Å². The molecular formula is C22H18F2N4O2. The summed E-state index contributed by atoms with van der Waals surface area (Å²) in [7, 11) is 1.50. The van der Waals surface area contributed by atoms with Gasteiger partial charge < -0.3 is 15.2 Å². The van der Waals surface area contributed by atoms with Gasteiger partial charge in [0.05, 0.1) is 13.7 Å². The van der Waals surface area contributed by atoms with Crippen molar-refractivity contribution in [2.45, 2.75) is 0 Å². The zero-order valence-electron chi connectivity index (χ0n) is 16.1. The Labute approximate surface area is 171 Å². The zero-order chi connectivity index (χ0) is 21.1. The molecule has 0 saturated heterocycles. The van der Waals surface area contributed by atoms with Crippen LogP contribution in [-0.2, 0) is 0 Å². The first kappa shape index (κ1) is 19.7. The summed E-state index contributed by atoms with van der Waals surface area (Å²) in [5.74, 6) is -0.0349. The number of hydrogen-bond donors (Lipinski definition) is 2. The van der Waals surface area contributed by atoms with Gasteiger partial charge in [0.2, 0.25) is 0 Å². The molecule has 2 aromatic carbocycles. The van der Waals surface area contributed by atoms with E-state index in [9.17, 15) is 13.9 Å². The van der Waals surface area contributed by atoms with E-state index < -0.39 is 11.6 Å². The number of benzene rings is 2. The number of halogens is 2. The summed E-state index contributed by atoms with van der Waals surface area (Å²) >= 11 is 0. The quantitative estimate of drug-likeness (QED) is 0.501. The van der Waals surface area contributed by atoms with E-state index in [0.717, 1.165) is 6.07 Å². The molecule has 30 heavy (non-hydrogen) atoms. The molecule has 0 saturated carbocycles. The van der Waals surface area contributed by atoms with Crippen LogP contribution in [0.3, 0.4) is 0 Å². The highest BCUT2D eigenvalue weighted by atomic mass is 19.1. The fourth-order valence-electron chi connectivity index (χ4n) is 3.18. The second-order valence-corrected chi connectivity index (χ2v) is 6.52. The Hall–Kier alpha value is -3.65. The van der Waals surface area contributed by atoms with Gasteiger partial charge in [-0.3, -0.25) is 4.98 Å². The number of fused-ring (bicyclic) bond motifs is 1. The summed E-state index contributed by atoms with van der Waals surface area (Å²) < 4.78 is 33.0. The van der Waals surface area contributed by atoms with Gasteiger partial charge in [0.25, 0.3) is 0 Å². The number of nitrogens with one attached hydrogen (secondary N) is 1. The van der Waals surface area contributed by atoms with Crippen molar-refractivity contribution >= 4 is 16.7 Å². The molecule has 2 aromatic heterocycles. The number of nitrogens with zero attached hydrogens (tertiary/aromatic N) is 3. The van der Waals surface area contributed by atoms with E-state index in [-0.39, 0.29) is 13.2 Å². The molecule has 152 valence electrons. The molecule has 0 spiro atoms. The van der Waals surface area contributed by atoms with Crippen molar-refractivity contribution in [2.75, 3.05) is 25.6 Å². The van der Waals surface area contributed by atoms with E-state index in [0.29, 0.717) is 45.0 Å². The number of hydrogen-bond acceptors (Lipinski definition) is 6. The molecule has 4 aromatic rings. The van der Waals surface area contributed by atoms with Crippen molar-refractivity contribution in [3.05, 3.63) is 66.5 Å². The number of aliphatic hydroxyl groups excluding tert-OH is 1. The van der Waals surface area contributed by atoms with Crippen molar-refractivity contribution in [3.8, 4) is 28.3 Å². The summed E-state index contributed by atoms with van der Waals surface area (Å²) in [6.45, 7) is 0.166. The van der Waals surface area contributed by atoms with E-state index in [1.165, 1.54) is 19.2 Å². The van der Waals surface area contributed by atoms with Gasteiger partial charge in [0.1, 0.15) is 28.7 Å². The Bertz CT molecular complexity index is 1180. The number of methoxy groups -OCH3 is 1. The lowest BCUT2D eigenvalue weighted by Crippen LogP contribution is -2.09. The van der Waals surface area contributed by atoms with Crippen LogP contribution in [0.4, 0.5) is 14.6 Å². The normalized spacial score (nSPS) is 10.9. The summed E-state index contributed by atoms with van der Waals surface area (Å²) in [6.07, 6.45) is 3.30. The second-order valence-electron chi connectivity index (χ2n) is 6.52. The van der Waals surface area contributed by atoms with Crippen molar-refractivity contribution in [1.29, 1.82) is 0 Å². The van der Waals surface area contributed by atoms with E-state index >= 15 is 0 Å². The van der Waals surface area contributed by atoms with E-state index in [2.05, 4.69) is 20.3 Å². The monoisotopic (exact) mass is 408 g/mol. The standard InChI is InChI=1S/C22H18F2N4O2/c1-30-19-10-15(14-7-16(23)11-17(24)8-14)9-18-20(19)27-21(13-3-2-4-25-12-13)28-22(18)26-5-6-29/h2-4,7-12,29H,5-6H2,1H3,(H,26,27,28). The third-order valence-electron chi connectivity index (χ3n) is 4.51. The molecule has 0 fully saturated rings. The third kappa shape index (κ3) is 3.90. The van der Waals surface area contributed by atoms with E-state index in [4.69, 9.17) is 4.74 Å². The van der Waals surface area contributed by atoms with Crippen LogP contribution in [0.5, 0.6) is 5.75 Å². The maximum atomic E-state index is 13.8. The Morgan fingerprint density at radius 1 is 1.00 bits per heavy atom. The van der Waals surface area contributed by atoms with Gasteiger partial charge in [-0.2, -0.15) is 0 Å². The Kier molecular flexibility index (Phi) is 5.49. The molecule has 0 aliphatic rings. The van der Waals surface area contributed by atoms with Crippen molar-refractivity contribution < 1.29 is 18.6 Å². The Morgan fingerprint density at radius 2 is 1.77 bits per heavy atom. The average molecular weight is 408 g/mol. The highest BCUT2D eigenvalue weighted by Crippen LogP contribution is 2.36. The predicted molar refractivity (Wildman–Crippen MR) is 110 cm³/mol. The van der Waals surface area contributed by atoms with Crippen LogP contribution in [-0.4, -0.2) is 40.3 Å². The van der Waals surface area contributed by atoms with E-state index in [1.54, 1.807) is 30.6 Å². The Morgan fingerprint density at radius 3 is 2.43 bits per heavy atom. The largest absolute Gasteiger partial charge is 0.494 e. The summed E-state index contributed by atoms with van der Waals surface area (Å²) in [5.41, 5.74) is 2.14. The molecule has 8 heteroatoms. The minimum absolute atomic E-state index is 0.0976. The van der Waals surface area contributed by atoms with Crippen molar-refractivity contribution in [1.82, 2.24) is 15.0 Å². The molecule has 2 N–H and O–H groups in total. The number of anilines is 1. The van der Waals surface area contributed by atoms with Gasteiger partial charge in [-0.05, 0) is 47.5 Å². The van der Waals surface area contributed by atoms with Crippen LogP contribution in [0.15, 0.2) is 54.9 Å². The summed E-state index contributed by atoms with van der Waals surface area (Å²) in [5, 5.41) is 12.9. The average Bonchev–Trinajstić information content (AvgIpc) is 2.76. The van der Waals surface area contributed by atoms with Crippen molar-refractivity contribution in [2.24, 2.45) is 0 Å². The first-order valence-corrected chi connectivity index (χ1v) is 9.20. The molecule has 0 unspecified atom stereocenters. The molecule has 6 nitrogen and oxygen atoms in total. The minimum Gasteiger partial charge on any atom is -0.494 e. The fraction of sp³-hybridized carbons (Fsp3) is 0.136. The topological polar surface area (TPSA) is 80.2 Å². The molecule has 4 rings (SSSR count). The van der Waals surface area contributed by atoms with Crippen LogP contribution >= 0.6 is 0 Å². The van der Waals surface area contributed by atoms with Crippen LogP contribution in [0, 0.1) is 11.6 Å². The number of pyridine rings is 1. The third-order valence-corrected chi connectivity index (χ3v) is 4.51. The lowest BCUT2D eigenvalue weighted by molar-refractivity contribution is 0.311. The lowest BCUT2D eigenvalue weighted by Gasteiger charge is -2.14. The first-order chi connectivity index (χ1) is 14.6. The van der Waals surface area contributed by atoms with E-state index in [1.807, 2.05) is 6.07 Å². The Balaban J connectivity index is 1.97. The summed E-state index contributed by atoms with van der Waals surface area (Å²) in [4.78, 5) is 13.3. The van der Waals surface area contributed by atoms with Crippen LogP contribution in [0.2, 0.25) is 0 Å². The molecule has 0 atom stereocenters. The molecule has 0 aliphatic carbocycles. The molecule has 0 aliphatic heterocycles. The lowest BCUT2D eigenvalue weighted by atomic mass is 10.0. The highest BCUT2D eigenvalue weighted by molar-refractivity contribution is 5.97.